The van der Waals surface area contributed by atoms with Crippen LogP contribution in [0.4, 0.5) is 0 Å². The number of piperidine rings is 1. The van der Waals surface area contributed by atoms with Crippen molar-refractivity contribution >= 4 is 10.0 Å². The van der Waals surface area contributed by atoms with Crippen LogP contribution in [-0.4, -0.2) is 51.0 Å². The van der Waals surface area contributed by atoms with Gasteiger partial charge in [-0.1, -0.05) is 0 Å². The van der Waals surface area contributed by atoms with E-state index < -0.39 is 10.0 Å². The molecule has 7 heteroatoms. The molecule has 1 aliphatic rings. The molecule has 0 unspecified atom stereocenters. The molecular formula is C12H19N3O3S. The van der Waals surface area contributed by atoms with Crippen molar-refractivity contribution in [1.29, 1.82) is 0 Å². The summed E-state index contributed by atoms with van der Waals surface area (Å²) in [4.78, 5) is 4.24. The molecule has 0 amide bonds. The van der Waals surface area contributed by atoms with Crippen molar-refractivity contribution in [1.82, 2.24) is 14.6 Å². The summed E-state index contributed by atoms with van der Waals surface area (Å²) in [6, 6.07) is 3.12. The van der Waals surface area contributed by atoms with Gasteiger partial charge in [-0.2, -0.15) is 0 Å². The first-order valence-electron chi connectivity index (χ1n) is 6.26. The molecule has 6 nitrogen and oxygen atoms in total. The van der Waals surface area contributed by atoms with Crippen LogP contribution in [0.15, 0.2) is 23.2 Å². The number of nitrogens with zero attached hydrogens (tertiary/aromatic N) is 2. The van der Waals surface area contributed by atoms with E-state index in [4.69, 9.17) is 4.74 Å². The molecule has 0 aliphatic carbocycles. The lowest BCUT2D eigenvalue weighted by Gasteiger charge is -2.23. The molecule has 1 fully saturated rings. The van der Waals surface area contributed by atoms with E-state index in [1.165, 1.54) is 26.4 Å². The van der Waals surface area contributed by atoms with E-state index in [2.05, 4.69) is 10.3 Å². The summed E-state index contributed by atoms with van der Waals surface area (Å²) in [7, 11) is -0.437. The Bertz CT molecular complexity index is 508. The van der Waals surface area contributed by atoms with E-state index in [0.29, 0.717) is 5.88 Å². The maximum atomic E-state index is 11.9. The molecule has 1 atom stereocenters. The standard InChI is InChI=1S/C12H19N3O3S/c1-15(2)19(16,17)11-5-6-12(14-9-11)18-10-4-3-7-13-8-10/h5-6,9-10,13H,3-4,7-8H2,1-2H3/t10-/m0/s1. The van der Waals surface area contributed by atoms with Crippen molar-refractivity contribution in [3.05, 3.63) is 18.3 Å². The van der Waals surface area contributed by atoms with E-state index >= 15 is 0 Å². The van der Waals surface area contributed by atoms with E-state index in [0.717, 1.165) is 30.2 Å². The molecule has 1 aromatic rings. The predicted molar refractivity (Wildman–Crippen MR) is 71.6 cm³/mol. The second-order valence-electron chi connectivity index (χ2n) is 4.71. The first kappa shape index (κ1) is 14.2. The quantitative estimate of drug-likeness (QED) is 0.870. The molecule has 0 radical (unpaired) electrons. The third kappa shape index (κ3) is 3.43. The molecule has 2 rings (SSSR count). The van der Waals surface area contributed by atoms with Crippen LogP contribution in [0.2, 0.25) is 0 Å². The minimum Gasteiger partial charge on any atom is -0.473 e. The zero-order chi connectivity index (χ0) is 13.9. The van der Waals surface area contributed by atoms with Gasteiger partial charge in [-0.25, -0.2) is 17.7 Å². The van der Waals surface area contributed by atoms with Crippen LogP contribution in [0.3, 0.4) is 0 Å². The normalized spacial score (nSPS) is 20.5. The number of pyridine rings is 1. The highest BCUT2D eigenvalue weighted by molar-refractivity contribution is 7.89. The molecule has 0 bridgehead atoms. The van der Waals surface area contributed by atoms with Gasteiger partial charge >= 0.3 is 0 Å². The summed E-state index contributed by atoms with van der Waals surface area (Å²) in [6.07, 6.45) is 3.52. The Hall–Kier alpha value is -1.18. The van der Waals surface area contributed by atoms with Gasteiger partial charge in [0.25, 0.3) is 0 Å². The van der Waals surface area contributed by atoms with Gasteiger partial charge < -0.3 is 10.1 Å². The Morgan fingerprint density at radius 1 is 1.42 bits per heavy atom. The van der Waals surface area contributed by atoms with Gasteiger partial charge in [-0.3, -0.25) is 0 Å². The number of nitrogens with one attached hydrogen (secondary N) is 1. The molecule has 0 aromatic carbocycles. The van der Waals surface area contributed by atoms with Crippen LogP contribution in [-0.2, 0) is 10.0 Å². The third-order valence-electron chi connectivity index (χ3n) is 3.03. The zero-order valence-corrected chi connectivity index (χ0v) is 12.0. The fourth-order valence-corrected chi connectivity index (χ4v) is 2.74. The van der Waals surface area contributed by atoms with Gasteiger partial charge in [-0.05, 0) is 25.5 Å². The van der Waals surface area contributed by atoms with Crippen molar-refractivity contribution < 1.29 is 13.2 Å². The Kier molecular flexibility index (Phi) is 4.38. The van der Waals surface area contributed by atoms with Crippen LogP contribution >= 0.6 is 0 Å². The Morgan fingerprint density at radius 2 is 2.21 bits per heavy atom. The fraction of sp³-hybridized carbons (Fsp3) is 0.583. The summed E-state index contributed by atoms with van der Waals surface area (Å²) >= 11 is 0. The summed E-state index contributed by atoms with van der Waals surface area (Å²) in [6.45, 7) is 1.83. The smallest absolute Gasteiger partial charge is 0.244 e. The van der Waals surface area contributed by atoms with Gasteiger partial charge in [0, 0.05) is 26.7 Å². The first-order chi connectivity index (χ1) is 9.00. The summed E-state index contributed by atoms with van der Waals surface area (Å²) < 4.78 is 30.6. The highest BCUT2D eigenvalue weighted by Crippen LogP contribution is 2.17. The van der Waals surface area contributed by atoms with Crippen LogP contribution in [0.25, 0.3) is 0 Å². The maximum absolute atomic E-state index is 11.9. The lowest BCUT2D eigenvalue weighted by Crippen LogP contribution is -2.37. The van der Waals surface area contributed by atoms with Crippen molar-refractivity contribution in [3.63, 3.8) is 0 Å². The van der Waals surface area contributed by atoms with Crippen molar-refractivity contribution in [2.45, 2.75) is 23.8 Å². The minimum absolute atomic E-state index is 0.109. The number of hydrogen-bond donors (Lipinski definition) is 1. The minimum atomic E-state index is -3.42. The Labute approximate surface area is 113 Å². The highest BCUT2D eigenvalue weighted by atomic mass is 32.2. The molecular weight excluding hydrogens is 266 g/mol. The Morgan fingerprint density at radius 3 is 2.74 bits per heavy atom. The fourth-order valence-electron chi connectivity index (χ4n) is 1.89. The average molecular weight is 285 g/mol. The molecule has 106 valence electrons. The van der Waals surface area contributed by atoms with E-state index in [-0.39, 0.29) is 11.0 Å². The highest BCUT2D eigenvalue weighted by Gasteiger charge is 2.19. The van der Waals surface area contributed by atoms with Crippen molar-refractivity contribution in [3.8, 4) is 5.88 Å². The van der Waals surface area contributed by atoms with Gasteiger partial charge in [0.1, 0.15) is 11.0 Å². The number of aromatic nitrogens is 1. The largest absolute Gasteiger partial charge is 0.473 e. The maximum Gasteiger partial charge on any atom is 0.244 e. The molecule has 1 N–H and O–H groups in total. The van der Waals surface area contributed by atoms with Crippen LogP contribution in [0, 0.1) is 0 Å². The molecule has 19 heavy (non-hydrogen) atoms. The number of sulfonamides is 1. The summed E-state index contributed by atoms with van der Waals surface area (Å²) in [5.41, 5.74) is 0. The zero-order valence-electron chi connectivity index (χ0n) is 11.2. The first-order valence-corrected chi connectivity index (χ1v) is 7.70. The number of rotatable bonds is 4. The van der Waals surface area contributed by atoms with Crippen LogP contribution in [0.1, 0.15) is 12.8 Å². The summed E-state index contributed by atoms with van der Waals surface area (Å²) in [5.74, 6) is 0.464. The Balaban J connectivity index is 2.06. The monoisotopic (exact) mass is 285 g/mol. The van der Waals surface area contributed by atoms with Crippen LogP contribution in [0.5, 0.6) is 5.88 Å². The molecule has 0 spiro atoms. The molecule has 0 saturated carbocycles. The number of ether oxygens (including phenoxy) is 1. The van der Waals surface area contributed by atoms with Crippen LogP contribution < -0.4 is 10.1 Å². The third-order valence-corrected chi connectivity index (χ3v) is 4.83. The summed E-state index contributed by atoms with van der Waals surface area (Å²) in [5, 5.41) is 3.25. The van der Waals surface area contributed by atoms with E-state index in [1.54, 1.807) is 6.07 Å². The lowest BCUT2D eigenvalue weighted by atomic mass is 10.1. The molecule has 1 aromatic heterocycles. The second kappa shape index (κ2) is 5.85. The van der Waals surface area contributed by atoms with E-state index in [1.807, 2.05) is 0 Å². The predicted octanol–water partition coefficient (Wildman–Crippen LogP) is 0.463. The second-order valence-corrected chi connectivity index (χ2v) is 6.86. The van der Waals surface area contributed by atoms with Gasteiger partial charge in [0.15, 0.2) is 0 Å². The van der Waals surface area contributed by atoms with Crippen molar-refractivity contribution in [2.75, 3.05) is 27.2 Å². The van der Waals surface area contributed by atoms with Crippen molar-refractivity contribution in [2.24, 2.45) is 0 Å². The van der Waals surface area contributed by atoms with Gasteiger partial charge in [0.05, 0.1) is 6.20 Å². The van der Waals surface area contributed by atoms with Gasteiger partial charge in [0.2, 0.25) is 15.9 Å². The number of hydrogen-bond acceptors (Lipinski definition) is 5. The lowest BCUT2D eigenvalue weighted by molar-refractivity contribution is 0.160. The molecule has 2 heterocycles. The molecule has 1 saturated heterocycles. The SMILES string of the molecule is CN(C)S(=O)(=O)c1ccc(O[C@H]2CCCNC2)nc1. The molecule has 1 aliphatic heterocycles. The van der Waals surface area contributed by atoms with E-state index in [9.17, 15) is 8.42 Å². The topological polar surface area (TPSA) is 71.5 Å². The van der Waals surface area contributed by atoms with Gasteiger partial charge in [-0.15, -0.1) is 0 Å². The average Bonchev–Trinajstić information content (AvgIpc) is 2.40.